The van der Waals surface area contributed by atoms with Gasteiger partial charge in [-0.15, -0.1) is 11.8 Å². The molecular weight excluding hydrogens is 458 g/mol. The molecule has 0 spiro atoms. The number of nitrogens with zero attached hydrogens (tertiary/aromatic N) is 2. The van der Waals surface area contributed by atoms with Gasteiger partial charge in [0.25, 0.3) is 0 Å². The molecule has 1 aromatic carbocycles. The van der Waals surface area contributed by atoms with E-state index in [1.807, 2.05) is 6.92 Å². The molecule has 1 N–H and O–H groups in total. The topological polar surface area (TPSA) is 86.8 Å². The lowest BCUT2D eigenvalue weighted by atomic mass is 9.95. The number of benzene rings is 1. The van der Waals surface area contributed by atoms with Gasteiger partial charge in [-0.1, -0.05) is 33.1 Å². The van der Waals surface area contributed by atoms with Crippen LogP contribution in [-0.2, 0) is 19.6 Å². The van der Waals surface area contributed by atoms with Gasteiger partial charge in [0.15, 0.2) is 0 Å². The van der Waals surface area contributed by atoms with Gasteiger partial charge in [-0.25, -0.2) is 8.42 Å². The first kappa shape index (κ1) is 24.5. The molecule has 7 nitrogen and oxygen atoms in total. The molecule has 2 heterocycles. The van der Waals surface area contributed by atoms with Crippen LogP contribution >= 0.6 is 11.8 Å². The summed E-state index contributed by atoms with van der Waals surface area (Å²) >= 11 is 1.56. The molecule has 33 heavy (non-hydrogen) atoms. The minimum atomic E-state index is -3.65. The van der Waals surface area contributed by atoms with Crippen molar-refractivity contribution in [3.05, 3.63) is 18.2 Å². The fourth-order valence-electron chi connectivity index (χ4n) is 4.93. The van der Waals surface area contributed by atoms with Crippen LogP contribution < -0.4 is 10.2 Å². The van der Waals surface area contributed by atoms with Gasteiger partial charge in [-0.05, 0) is 49.8 Å². The molecule has 0 radical (unpaired) electrons. The maximum atomic E-state index is 13.3. The Labute approximate surface area is 201 Å². The normalized spacial score (nSPS) is 23.8. The van der Waals surface area contributed by atoms with Crippen molar-refractivity contribution in [3.8, 4) is 0 Å². The van der Waals surface area contributed by atoms with Gasteiger partial charge in [0.1, 0.15) is 6.54 Å². The lowest BCUT2D eigenvalue weighted by Crippen LogP contribution is -2.45. The third-order valence-corrected chi connectivity index (χ3v) is 10.0. The third-order valence-electron chi connectivity index (χ3n) is 6.96. The zero-order chi connectivity index (χ0) is 23.6. The number of sulfonamides is 1. The van der Waals surface area contributed by atoms with E-state index in [1.54, 1.807) is 34.3 Å². The van der Waals surface area contributed by atoms with Crippen molar-refractivity contribution in [2.45, 2.75) is 86.3 Å². The Morgan fingerprint density at radius 3 is 2.48 bits per heavy atom. The Bertz CT molecular complexity index is 983. The van der Waals surface area contributed by atoms with E-state index in [1.165, 1.54) is 11.3 Å². The number of amides is 2. The summed E-state index contributed by atoms with van der Waals surface area (Å²) in [6, 6.07) is 5.19. The number of thioether (sulfide) groups is 1. The molecule has 2 amide bonds. The molecule has 2 aliphatic heterocycles. The largest absolute Gasteiger partial charge is 0.352 e. The second-order valence-electron chi connectivity index (χ2n) is 9.73. The molecule has 2 fully saturated rings. The number of hydrogen-bond acceptors (Lipinski definition) is 5. The zero-order valence-electron chi connectivity index (χ0n) is 19.6. The molecule has 0 unspecified atom stereocenters. The molecule has 1 saturated carbocycles. The first-order chi connectivity index (χ1) is 15.7. The van der Waals surface area contributed by atoms with Crippen LogP contribution in [0.4, 0.5) is 5.69 Å². The Kier molecular flexibility index (Phi) is 7.70. The highest BCUT2D eigenvalue weighted by Crippen LogP contribution is 2.40. The molecular formula is C24H35N3O4S2. The molecule has 0 aromatic heterocycles. The zero-order valence-corrected chi connectivity index (χ0v) is 21.2. The summed E-state index contributed by atoms with van der Waals surface area (Å²) in [4.78, 5) is 28.5. The van der Waals surface area contributed by atoms with E-state index in [4.69, 9.17) is 0 Å². The monoisotopic (exact) mass is 493 g/mol. The lowest BCUT2D eigenvalue weighted by molar-refractivity contribution is -0.124. The minimum Gasteiger partial charge on any atom is -0.352 e. The SMILES string of the molecule is CC1CCN(S(=O)(=O)c2ccc3c(c2)N(CC(=O)NC2CCCCC2)C(=O)C[C@@H](C)S3)CC1. The van der Waals surface area contributed by atoms with Crippen LogP contribution in [-0.4, -0.2) is 55.5 Å². The number of piperidine rings is 1. The van der Waals surface area contributed by atoms with Crippen LogP contribution in [0.2, 0.25) is 0 Å². The smallest absolute Gasteiger partial charge is 0.243 e. The Hall–Kier alpha value is -1.58. The predicted molar refractivity (Wildman–Crippen MR) is 131 cm³/mol. The number of carbonyl (C=O) groups is 2. The highest BCUT2D eigenvalue weighted by molar-refractivity contribution is 8.00. The standard InChI is InChI=1S/C24H35N3O4S2/c1-17-10-12-26(13-11-17)33(30,31)20-8-9-22-21(15-20)27(24(29)14-18(2)32-22)16-23(28)25-19-6-4-3-5-7-19/h8-9,15,17-19H,3-7,10-14,16H2,1-2H3,(H,25,28)/t18-/m1/s1. The van der Waals surface area contributed by atoms with E-state index >= 15 is 0 Å². The molecule has 3 aliphatic rings. The number of fused-ring (bicyclic) bond motifs is 1. The summed E-state index contributed by atoms with van der Waals surface area (Å²) in [5.74, 6) is 0.199. The molecule has 1 saturated heterocycles. The van der Waals surface area contributed by atoms with Crippen LogP contribution in [0.3, 0.4) is 0 Å². The van der Waals surface area contributed by atoms with Crippen molar-refractivity contribution in [2.75, 3.05) is 24.5 Å². The van der Waals surface area contributed by atoms with Gasteiger partial charge >= 0.3 is 0 Å². The molecule has 182 valence electrons. The summed E-state index contributed by atoms with van der Waals surface area (Å²) < 4.78 is 28.2. The second-order valence-corrected chi connectivity index (χ2v) is 13.1. The van der Waals surface area contributed by atoms with Crippen molar-refractivity contribution < 1.29 is 18.0 Å². The highest BCUT2D eigenvalue weighted by atomic mass is 32.2. The highest BCUT2D eigenvalue weighted by Gasteiger charge is 2.32. The average Bonchev–Trinajstić information content (AvgIpc) is 2.89. The second kappa shape index (κ2) is 10.4. The summed E-state index contributed by atoms with van der Waals surface area (Å²) in [5, 5.41) is 3.13. The van der Waals surface area contributed by atoms with E-state index in [2.05, 4.69) is 12.2 Å². The molecule has 1 atom stereocenters. The van der Waals surface area contributed by atoms with Crippen molar-refractivity contribution in [3.63, 3.8) is 0 Å². The fourth-order valence-corrected chi connectivity index (χ4v) is 7.51. The molecule has 4 rings (SSSR count). The lowest BCUT2D eigenvalue weighted by Gasteiger charge is -2.30. The average molecular weight is 494 g/mol. The quantitative estimate of drug-likeness (QED) is 0.675. The number of anilines is 1. The van der Waals surface area contributed by atoms with Crippen molar-refractivity contribution in [1.29, 1.82) is 0 Å². The fraction of sp³-hybridized carbons (Fsp3) is 0.667. The van der Waals surface area contributed by atoms with Crippen LogP contribution in [0.5, 0.6) is 0 Å². The summed E-state index contributed by atoms with van der Waals surface area (Å²) in [6.07, 6.45) is 7.38. The summed E-state index contributed by atoms with van der Waals surface area (Å²) in [7, 11) is -3.65. The first-order valence-electron chi connectivity index (χ1n) is 12.1. The number of carbonyl (C=O) groups excluding carboxylic acids is 2. The third kappa shape index (κ3) is 5.74. The van der Waals surface area contributed by atoms with E-state index in [-0.39, 0.29) is 34.5 Å². The van der Waals surface area contributed by atoms with E-state index in [9.17, 15) is 18.0 Å². The maximum absolute atomic E-state index is 13.3. The van der Waals surface area contributed by atoms with E-state index in [0.717, 1.165) is 43.4 Å². The Morgan fingerprint density at radius 1 is 1.09 bits per heavy atom. The van der Waals surface area contributed by atoms with Gasteiger partial charge < -0.3 is 10.2 Å². The predicted octanol–water partition coefficient (Wildman–Crippen LogP) is 3.77. The summed E-state index contributed by atoms with van der Waals surface area (Å²) in [5.41, 5.74) is 0.527. The van der Waals surface area contributed by atoms with Gasteiger partial charge in [0, 0.05) is 35.7 Å². The van der Waals surface area contributed by atoms with Crippen LogP contribution in [0.15, 0.2) is 28.0 Å². The summed E-state index contributed by atoms with van der Waals surface area (Å²) in [6.45, 7) is 5.07. The van der Waals surface area contributed by atoms with Crippen LogP contribution in [0.1, 0.15) is 65.2 Å². The van der Waals surface area contributed by atoms with Crippen LogP contribution in [0.25, 0.3) is 0 Å². The van der Waals surface area contributed by atoms with Crippen molar-refractivity contribution in [2.24, 2.45) is 5.92 Å². The Balaban J connectivity index is 1.59. The number of rotatable bonds is 5. The molecule has 0 bridgehead atoms. The first-order valence-corrected chi connectivity index (χ1v) is 14.5. The van der Waals surface area contributed by atoms with Crippen LogP contribution in [0, 0.1) is 5.92 Å². The minimum absolute atomic E-state index is 0.0497. The van der Waals surface area contributed by atoms with Gasteiger partial charge in [0.05, 0.1) is 10.6 Å². The molecule has 1 aromatic rings. The molecule has 9 heteroatoms. The number of hydrogen-bond donors (Lipinski definition) is 1. The van der Waals surface area contributed by atoms with E-state index in [0.29, 0.717) is 31.1 Å². The van der Waals surface area contributed by atoms with Gasteiger partial charge in [-0.3, -0.25) is 9.59 Å². The Morgan fingerprint density at radius 2 is 1.79 bits per heavy atom. The van der Waals surface area contributed by atoms with E-state index < -0.39 is 10.0 Å². The number of nitrogens with one attached hydrogen (secondary N) is 1. The molecule has 1 aliphatic carbocycles. The van der Waals surface area contributed by atoms with Gasteiger partial charge in [-0.2, -0.15) is 4.31 Å². The van der Waals surface area contributed by atoms with Crippen molar-refractivity contribution in [1.82, 2.24) is 9.62 Å². The van der Waals surface area contributed by atoms with Gasteiger partial charge in [0.2, 0.25) is 21.8 Å². The maximum Gasteiger partial charge on any atom is 0.243 e. The van der Waals surface area contributed by atoms with Crippen molar-refractivity contribution >= 4 is 39.3 Å².